The van der Waals surface area contributed by atoms with Crippen LogP contribution in [0, 0.1) is 13.8 Å². The number of esters is 1. The second-order valence-electron chi connectivity index (χ2n) is 5.30. The van der Waals surface area contributed by atoms with Crippen LogP contribution in [0.5, 0.6) is 0 Å². The highest BCUT2D eigenvalue weighted by molar-refractivity contribution is 5.93. The number of nitrogen functional groups attached to an aromatic ring is 1. The van der Waals surface area contributed by atoms with E-state index in [-0.39, 0.29) is 16.9 Å². The summed E-state index contributed by atoms with van der Waals surface area (Å²) >= 11 is 0. The lowest BCUT2D eigenvalue weighted by atomic mass is 10.0. The number of hydrogen-bond acceptors (Lipinski definition) is 5. The monoisotopic (exact) mass is 337 g/mol. The fraction of sp³-hybridized carbons (Fsp3) is 0.312. The summed E-state index contributed by atoms with van der Waals surface area (Å²) in [6.45, 7) is 2.17. The minimum Gasteiger partial charge on any atom is -0.465 e. The first-order chi connectivity index (χ1) is 11.3. The molecule has 2 N–H and O–H groups in total. The molecule has 1 aromatic heterocycles. The zero-order chi connectivity index (χ0) is 18.0. The topological polar surface area (TPSA) is 87.2 Å². The molecule has 0 bridgehead atoms. The highest BCUT2D eigenvalue weighted by atomic mass is 19.2. The van der Waals surface area contributed by atoms with E-state index in [1.165, 1.54) is 18.5 Å². The molecule has 8 heteroatoms. The first-order valence-electron chi connectivity index (χ1n) is 7.08. The number of aromatic nitrogens is 2. The average Bonchev–Trinajstić information content (AvgIpc) is 2.55. The Kier molecular flexibility index (Phi) is 4.96. The van der Waals surface area contributed by atoms with Crippen molar-refractivity contribution < 1.29 is 18.3 Å². The molecular formula is C16H17F2N3O3. The Bertz CT molecular complexity index is 826. The van der Waals surface area contributed by atoms with Gasteiger partial charge in [0.2, 0.25) is 0 Å². The van der Waals surface area contributed by atoms with Gasteiger partial charge in [-0.2, -0.15) is 0 Å². The fourth-order valence-corrected chi connectivity index (χ4v) is 2.56. The number of nitrogens with two attached hydrogens (primary N) is 1. The molecule has 1 aromatic carbocycles. The Morgan fingerprint density at radius 2 is 1.96 bits per heavy atom. The number of carbonyl (C=O) groups is 1. The van der Waals surface area contributed by atoms with E-state index in [1.54, 1.807) is 13.8 Å². The van der Waals surface area contributed by atoms with Gasteiger partial charge in [0.15, 0.2) is 11.7 Å². The van der Waals surface area contributed by atoms with Gasteiger partial charge in [-0.1, -0.05) is 12.1 Å². The van der Waals surface area contributed by atoms with Crippen molar-refractivity contribution in [2.75, 3.05) is 19.5 Å². The van der Waals surface area contributed by atoms with E-state index in [1.807, 2.05) is 0 Å². The lowest BCUT2D eigenvalue weighted by molar-refractivity contribution is 0.0599. The van der Waals surface area contributed by atoms with Crippen LogP contribution in [0.4, 0.5) is 14.6 Å². The van der Waals surface area contributed by atoms with E-state index in [0.29, 0.717) is 16.8 Å². The summed E-state index contributed by atoms with van der Waals surface area (Å²) in [7, 11) is 1.13. The van der Waals surface area contributed by atoms with E-state index in [9.17, 15) is 18.4 Å². The highest BCUT2D eigenvalue weighted by Gasteiger charge is 2.21. The molecule has 0 saturated carbocycles. The molecule has 0 fully saturated rings. The Labute approximate surface area is 136 Å². The molecule has 0 radical (unpaired) electrons. The molecule has 6 nitrogen and oxygen atoms in total. The summed E-state index contributed by atoms with van der Waals surface area (Å²) in [6, 6.07) is 2.90. The number of benzene rings is 1. The number of hydrogen-bond donors (Lipinski definition) is 1. The first kappa shape index (κ1) is 17.6. The second kappa shape index (κ2) is 6.77. The van der Waals surface area contributed by atoms with Crippen molar-refractivity contribution in [3.63, 3.8) is 0 Å². The quantitative estimate of drug-likeness (QED) is 0.864. The van der Waals surface area contributed by atoms with Crippen molar-refractivity contribution in [1.29, 1.82) is 0 Å². The van der Waals surface area contributed by atoms with Crippen LogP contribution in [0.1, 0.15) is 33.2 Å². The Hall–Kier alpha value is -2.77. The second-order valence-corrected chi connectivity index (χ2v) is 5.30. The number of rotatable bonds is 4. The third-order valence-corrected chi connectivity index (χ3v) is 3.64. The number of methoxy groups -OCH3 is 1. The van der Waals surface area contributed by atoms with Crippen LogP contribution >= 0.6 is 0 Å². The van der Waals surface area contributed by atoms with Crippen LogP contribution in [0.2, 0.25) is 0 Å². The van der Waals surface area contributed by atoms with Crippen LogP contribution < -0.4 is 11.3 Å². The predicted molar refractivity (Wildman–Crippen MR) is 84.9 cm³/mol. The van der Waals surface area contributed by atoms with Crippen molar-refractivity contribution in [3.05, 3.63) is 51.1 Å². The standard InChI is InChI=1S/C16H17F2N3O3/c1-8-4-10(11(18)6-17)5-9(2)13(8)21-7-20-14(19)12(15(21)22)16(23)24-3/h4-5,7,11H,6,19H2,1-3H3/t11-/m0/s1. The van der Waals surface area contributed by atoms with Gasteiger partial charge >= 0.3 is 5.97 Å². The Balaban J connectivity index is 2.70. The molecule has 24 heavy (non-hydrogen) atoms. The van der Waals surface area contributed by atoms with Crippen molar-refractivity contribution in [1.82, 2.24) is 9.55 Å². The molecule has 0 unspecified atom stereocenters. The fourth-order valence-electron chi connectivity index (χ4n) is 2.56. The maximum absolute atomic E-state index is 13.6. The largest absolute Gasteiger partial charge is 0.465 e. The van der Waals surface area contributed by atoms with E-state index < -0.39 is 24.4 Å². The number of anilines is 1. The van der Waals surface area contributed by atoms with Crippen molar-refractivity contribution >= 4 is 11.8 Å². The third-order valence-electron chi connectivity index (χ3n) is 3.64. The molecule has 0 saturated heterocycles. The summed E-state index contributed by atoms with van der Waals surface area (Å²) < 4.78 is 31.8. The van der Waals surface area contributed by atoms with Gasteiger partial charge < -0.3 is 10.5 Å². The van der Waals surface area contributed by atoms with Crippen LogP contribution in [-0.4, -0.2) is 29.3 Å². The van der Waals surface area contributed by atoms with Crippen LogP contribution in [-0.2, 0) is 4.74 Å². The molecule has 1 atom stereocenters. The predicted octanol–water partition coefficient (Wildman–Crippen LogP) is 2.20. The lowest BCUT2D eigenvalue weighted by Gasteiger charge is -2.16. The van der Waals surface area contributed by atoms with Crippen molar-refractivity contribution in [2.45, 2.75) is 20.0 Å². The molecule has 0 aliphatic rings. The number of halogens is 2. The number of alkyl halides is 2. The molecule has 0 spiro atoms. The number of aryl methyl sites for hydroxylation is 2. The molecule has 2 aromatic rings. The summed E-state index contributed by atoms with van der Waals surface area (Å²) in [5.41, 5.74) is 6.18. The zero-order valence-corrected chi connectivity index (χ0v) is 13.5. The van der Waals surface area contributed by atoms with Gasteiger partial charge in [0.05, 0.1) is 12.8 Å². The minimum atomic E-state index is -1.73. The highest BCUT2D eigenvalue weighted by Crippen LogP contribution is 2.26. The third kappa shape index (κ3) is 2.99. The number of ether oxygens (including phenoxy) is 1. The van der Waals surface area contributed by atoms with E-state index in [0.717, 1.165) is 11.7 Å². The number of carbonyl (C=O) groups excluding carboxylic acids is 1. The minimum absolute atomic E-state index is 0.181. The smallest absolute Gasteiger partial charge is 0.347 e. The van der Waals surface area contributed by atoms with Crippen LogP contribution in [0.15, 0.2) is 23.3 Å². The SMILES string of the molecule is COC(=O)c1c(N)ncn(-c2c(C)cc([C@@H](F)CF)cc2C)c1=O. The normalized spacial score (nSPS) is 12.0. The molecular weight excluding hydrogens is 320 g/mol. The van der Waals surface area contributed by atoms with Gasteiger partial charge in [0, 0.05) is 0 Å². The lowest BCUT2D eigenvalue weighted by Crippen LogP contribution is -2.29. The molecule has 0 aliphatic heterocycles. The van der Waals surface area contributed by atoms with Gasteiger partial charge in [-0.25, -0.2) is 18.6 Å². The molecule has 0 aliphatic carbocycles. The number of nitrogens with zero attached hydrogens (tertiary/aromatic N) is 2. The van der Waals surface area contributed by atoms with Gasteiger partial charge in [-0.05, 0) is 30.5 Å². The Morgan fingerprint density at radius 3 is 2.46 bits per heavy atom. The van der Waals surface area contributed by atoms with Crippen LogP contribution in [0.25, 0.3) is 5.69 Å². The van der Waals surface area contributed by atoms with Gasteiger partial charge in [-0.3, -0.25) is 9.36 Å². The van der Waals surface area contributed by atoms with E-state index >= 15 is 0 Å². The maximum atomic E-state index is 13.6. The summed E-state index contributed by atoms with van der Waals surface area (Å²) in [5, 5.41) is 0. The molecule has 1 heterocycles. The maximum Gasteiger partial charge on any atom is 0.347 e. The summed E-state index contributed by atoms with van der Waals surface area (Å²) in [6.07, 6.45) is -0.551. The Morgan fingerprint density at radius 1 is 1.38 bits per heavy atom. The van der Waals surface area contributed by atoms with Gasteiger partial charge in [0.25, 0.3) is 5.56 Å². The summed E-state index contributed by atoms with van der Waals surface area (Å²) in [4.78, 5) is 28.2. The summed E-state index contributed by atoms with van der Waals surface area (Å²) in [5.74, 6) is -1.14. The zero-order valence-electron chi connectivity index (χ0n) is 13.5. The van der Waals surface area contributed by atoms with E-state index in [4.69, 9.17) is 5.73 Å². The molecule has 0 amide bonds. The van der Waals surface area contributed by atoms with E-state index in [2.05, 4.69) is 9.72 Å². The van der Waals surface area contributed by atoms with Crippen molar-refractivity contribution in [3.8, 4) is 5.69 Å². The van der Waals surface area contributed by atoms with Crippen molar-refractivity contribution in [2.24, 2.45) is 0 Å². The first-order valence-corrected chi connectivity index (χ1v) is 7.08. The van der Waals surface area contributed by atoms with Crippen LogP contribution in [0.3, 0.4) is 0 Å². The van der Waals surface area contributed by atoms with Gasteiger partial charge in [0.1, 0.15) is 18.8 Å². The van der Waals surface area contributed by atoms with Gasteiger partial charge in [-0.15, -0.1) is 0 Å². The molecule has 2 rings (SSSR count). The molecule has 128 valence electrons. The average molecular weight is 337 g/mol.